The molecule has 0 unspecified atom stereocenters. The molecule has 3 heteroatoms. The van der Waals surface area contributed by atoms with Crippen molar-refractivity contribution in [1.82, 2.24) is 0 Å². The van der Waals surface area contributed by atoms with E-state index in [-0.39, 0.29) is 17.4 Å². The average Bonchev–Trinajstić information content (AvgIpc) is 2.27. The van der Waals surface area contributed by atoms with Crippen LogP contribution in [0.25, 0.3) is 0 Å². The van der Waals surface area contributed by atoms with E-state index < -0.39 is 5.43 Å². The van der Waals surface area contributed by atoms with Crippen LogP contribution in [0.3, 0.4) is 0 Å². The molecule has 0 aliphatic heterocycles. The van der Waals surface area contributed by atoms with E-state index in [9.17, 15) is 9.90 Å². The van der Waals surface area contributed by atoms with Gasteiger partial charge in [0.25, 0.3) is 0 Å². The highest BCUT2D eigenvalue weighted by Gasteiger charge is 2.12. The Kier molecular flexibility index (Phi) is 3.12. The summed E-state index contributed by atoms with van der Waals surface area (Å²) in [4.78, 5) is 11.2. The summed E-state index contributed by atoms with van der Waals surface area (Å²) in [7, 11) is 1.44. The normalized spacial score (nSPS) is 10.3. The minimum Gasteiger partial charge on any atom is -0.502 e. The number of hydrogen-bond acceptors (Lipinski definition) is 3. The third-order valence-electron chi connectivity index (χ3n) is 2.06. The summed E-state index contributed by atoms with van der Waals surface area (Å²) in [5.74, 6) is 0.152. The maximum atomic E-state index is 11.2. The van der Waals surface area contributed by atoms with E-state index >= 15 is 0 Å². The monoisotopic (exact) mass is 194 g/mol. The molecule has 0 amide bonds. The molecule has 0 spiro atoms. The van der Waals surface area contributed by atoms with Crippen LogP contribution in [-0.2, 0) is 0 Å². The minimum atomic E-state index is -0.422. The van der Waals surface area contributed by atoms with Gasteiger partial charge in [0, 0.05) is 5.56 Å². The molecule has 0 aromatic heterocycles. The van der Waals surface area contributed by atoms with Gasteiger partial charge in [-0.15, -0.1) is 0 Å². The maximum absolute atomic E-state index is 11.2. The molecule has 0 heterocycles. The molecule has 0 atom stereocenters. The Morgan fingerprint density at radius 2 is 2.00 bits per heavy atom. The Labute approximate surface area is 83.0 Å². The molecular formula is C11H14O3. The lowest BCUT2D eigenvalue weighted by Gasteiger charge is -2.08. The number of aromatic hydroxyl groups is 1. The molecular weight excluding hydrogens is 180 g/mol. The van der Waals surface area contributed by atoms with Gasteiger partial charge in [-0.3, -0.25) is 4.79 Å². The molecule has 1 rings (SSSR count). The van der Waals surface area contributed by atoms with Crippen molar-refractivity contribution in [2.75, 3.05) is 7.11 Å². The zero-order valence-corrected chi connectivity index (χ0v) is 8.57. The quantitative estimate of drug-likeness (QED) is 0.782. The summed E-state index contributed by atoms with van der Waals surface area (Å²) in [5, 5.41) is 9.55. The molecule has 0 aliphatic carbocycles. The fourth-order valence-corrected chi connectivity index (χ4v) is 1.31. The second-order valence-corrected chi connectivity index (χ2v) is 3.38. The van der Waals surface area contributed by atoms with Crippen LogP contribution in [0.4, 0.5) is 0 Å². The van der Waals surface area contributed by atoms with E-state index in [1.807, 2.05) is 13.8 Å². The van der Waals surface area contributed by atoms with Gasteiger partial charge in [0.05, 0.1) is 7.11 Å². The molecule has 0 aliphatic rings. The molecule has 76 valence electrons. The highest BCUT2D eigenvalue weighted by molar-refractivity contribution is 5.45. The highest BCUT2D eigenvalue weighted by Crippen LogP contribution is 2.30. The van der Waals surface area contributed by atoms with Crippen molar-refractivity contribution < 1.29 is 9.84 Å². The summed E-state index contributed by atoms with van der Waals surface area (Å²) in [6.07, 6.45) is 0. The van der Waals surface area contributed by atoms with Crippen LogP contribution in [0.1, 0.15) is 25.3 Å². The number of rotatable bonds is 2. The molecule has 0 fully saturated rings. The zero-order chi connectivity index (χ0) is 10.7. The van der Waals surface area contributed by atoms with Gasteiger partial charge in [-0.05, 0) is 12.0 Å². The maximum Gasteiger partial charge on any atom is 0.224 e. The smallest absolute Gasteiger partial charge is 0.224 e. The third-order valence-corrected chi connectivity index (χ3v) is 2.06. The standard InChI is InChI=1S/C11H14O3/c1-7(2)8-5-4-6-9(12)10(13)11(8)14-3/h4-7H,1-3H3,(H,12,13). The predicted molar refractivity (Wildman–Crippen MR) is 55.0 cm³/mol. The van der Waals surface area contributed by atoms with Crippen molar-refractivity contribution in [2.24, 2.45) is 0 Å². The van der Waals surface area contributed by atoms with E-state index in [1.54, 1.807) is 12.1 Å². The van der Waals surface area contributed by atoms with E-state index in [1.165, 1.54) is 13.2 Å². The second kappa shape index (κ2) is 4.13. The largest absolute Gasteiger partial charge is 0.502 e. The molecule has 3 nitrogen and oxygen atoms in total. The Hall–Kier alpha value is -1.51. The number of ether oxygens (including phenoxy) is 1. The van der Waals surface area contributed by atoms with E-state index in [0.29, 0.717) is 0 Å². The minimum absolute atomic E-state index is 0.197. The molecule has 14 heavy (non-hydrogen) atoms. The van der Waals surface area contributed by atoms with Crippen molar-refractivity contribution in [1.29, 1.82) is 0 Å². The van der Waals surface area contributed by atoms with Crippen molar-refractivity contribution in [2.45, 2.75) is 19.8 Å². The first kappa shape index (κ1) is 10.6. The fourth-order valence-electron chi connectivity index (χ4n) is 1.31. The van der Waals surface area contributed by atoms with Crippen LogP contribution < -0.4 is 10.2 Å². The van der Waals surface area contributed by atoms with Gasteiger partial charge in [0.15, 0.2) is 5.75 Å². The number of methoxy groups -OCH3 is 1. The Balaban J connectivity index is 3.54. The summed E-state index contributed by atoms with van der Waals surface area (Å²) in [6.45, 7) is 3.95. The van der Waals surface area contributed by atoms with Gasteiger partial charge in [-0.25, -0.2) is 0 Å². The first-order valence-electron chi connectivity index (χ1n) is 4.48. The van der Waals surface area contributed by atoms with Crippen molar-refractivity contribution in [3.05, 3.63) is 34.0 Å². The predicted octanol–water partition coefficient (Wildman–Crippen LogP) is 1.88. The summed E-state index contributed by atoms with van der Waals surface area (Å²) in [6, 6.07) is 4.73. The van der Waals surface area contributed by atoms with Crippen molar-refractivity contribution in [3.63, 3.8) is 0 Å². The molecule has 0 saturated carbocycles. The van der Waals surface area contributed by atoms with Gasteiger partial charge in [-0.2, -0.15) is 0 Å². The Morgan fingerprint density at radius 3 is 2.50 bits per heavy atom. The Bertz CT molecular complexity index is 383. The second-order valence-electron chi connectivity index (χ2n) is 3.38. The van der Waals surface area contributed by atoms with Crippen LogP contribution in [0.2, 0.25) is 0 Å². The molecule has 1 N–H and O–H groups in total. The van der Waals surface area contributed by atoms with E-state index in [4.69, 9.17) is 4.74 Å². The first-order chi connectivity index (χ1) is 6.57. The van der Waals surface area contributed by atoms with Crippen LogP contribution in [0.5, 0.6) is 11.5 Å². The molecule has 0 radical (unpaired) electrons. The highest BCUT2D eigenvalue weighted by atomic mass is 16.5. The lowest BCUT2D eigenvalue weighted by molar-refractivity contribution is 0.367. The van der Waals surface area contributed by atoms with Crippen LogP contribution in [-0.4, -0.2) is 12.2 Å². The van der Waals surface area contributed by atoms with Gasteiger partial charge < -0.3 is 9.84 Å². The van der Waals surface area contributed by atoms with Gasteiger partial charge >= 0.3 is 0 Å². The molecule has 0 saturated heterocycles. The molecule has 0 bridgehead atoms. The van der Waals surface area contributed by atoms with Gasteiger partial charge in [-0.1, -0.05) is 26.0 Å². The average molecular weight is 194 g/mol. The van der Waals surface area contributed by atoms with E-state index in [0.717, 1.165) is 5.56 Å². The summed E-state index contributed by atoms with van der Waals surface area (Å²) < 4.78 is 5.03. The third kappa shape index (κ3) is 1.87. The van der Waals surface area contributed by atoms with Crippen LogP contribution in [0, 0.1) is 0 Å². The Morgan fingerprint density at radius 1 is 1.36 bits per heavy atom. The van der Waals surface area contributed by atoms with Gasteiger partial charge in [0.1, 0.15) is 0 Å². The van der Waals surface area contributed by atoms with Crippen LogP contribution in [0.15, 0.2) is 23.0 Å². The van der Waals surface area contributed by atoms with Crippen molar-refractivity contribution >= 4 is 0 Å². The van der Waals surface area contributed by atoms with Crippen LogP contribution >= 0.6 is 0 Å². The SMILES string of the molecule is COc1c(C(C)C)cccc(=O)c1O. The van der Waals surface area contributed by atoms with E-state index in [2.05, 4.69) is 0 Å². The molecule has 1 aromatic carbocycles. The topological polar surface area (TPSA) is 46.5 Å². The molecule has 1 aromatic rings. The van der Waals surface area contributed by atoms with Crippen molar-refractivity contribution in [3.8, 4) is 11.5 Å². The lowest BCUT2D eigenvalue weighted by Crippen LogP contribution is -1.98. The fraction of sp³-hybridized carbons (Fsp3) is 0.364. The number of hydrogen-bond donors (Lipinski definition) is 1. The van der Waals surface area contributed by atoms with Gasteiger partial charge in [0.2, 0.25) is 11.2 Å². The zero-order valence-electron chi connectivity index (χ0n) is 8.57. The summed E-state index contributed by atoms with van der Waals surface area (Å²) in [5.41, 5.74) is 0.404. The summed E-state index contributed by atoms with van der Waals surface area (Å²) >= 11 is 0. The lowest BCUT2D eigenvalue weighted by atomic mass is 10.0. The first-order valence-corrected chi connectivity index (χ1v) is 4.48.